The van der Waals surface area contributed by atoms with Crippen LogP contribution >= 0.6 is 0 Å². The van der Waals surface area contributed by atoms with Crippen LogP contribution in [-0.4, -0.2) is 62.1 Å². The summed E-state index contributed by atoms with van der Waals surface area (Å²) in [5.74, 6) is 0.826. The van der Waals surface area contributed by atoms with Crippen LogP contribution in [0.4, 0.5) is 5.82 Å². The second kappa shape index (κ2) is 7.31. The fourth-order valence-corrected chi connectivity index (χ4v) is 3.54. The highest BCUT2D eigenvalue weighted by Crippen LogP contribution is 2.24. The molecular weight excluding hydrogens is 366 g/mol. The van der Waals surface area contributed by atoms with E-state index in [1.165, 1.54) is 6.20 Å². The van der Waals surface area contributed by atoms with E-state index in [0.717, 1.165) is 30.2 Å². The van der Waals surface area contributed by atoms with Crippen molar-refractivity contribution < 1.29 is 4.79 Å². The molecule has 144 valence electrons. The van der Waals surface area contributed by atoms with E-state index in [0.29, 0.717) is 29.9 Å². The number of benzene rings is 1. The lowest BCUT2D eigenvalue weighted by molar-refractivity contribution is 0.0740. The number of H-pyrrole nitrogens is 1. The van der Waals surface area contributed by atoms with Crippen LogP contribution in [0.2, 0.25) is 0 Å². The summed E-state index contributed by atoms with van der Waals surface area (Å²) in [6.45, 7) is 2.71. The average Bonchev–Trinajstić information content (AvgIpc) is 3.23. The van der Waals surface area contributed by atoms with E-state index in [2.05, 4.69) is 30.0 Å². The topological polar surface area (TPSA) is 90.9 Å². The van der Waals surface area contributed by atoms with E-state index >= 15 is 0 Å². The van der Waals surface area contributed by atoms with Gasteiger partial charge in [-0.05, 0) is 12.1 Å². The molecule has 4 heterocycles. The lowest BCUT2D eigenvalue weighted by Crippen LogP contribution is -2.49. The number of piperazine rings is 1. The van der Waals surface area contributed by atoms with Crippen LogP contribution in [0.25, 0.3) is 22.4 Å². The Morgan fingerprint density at radius 3 is 2.48 bits per heavy atom. The van der Waals surface area contributed by atoms with Crippen molar-refractivity contribution in [1.82, 2.24) is 30.0 Å². The molecule has 0 saturated carbocycles. The molecule has 1 N–H and O–H groups in total. The number of hydrogen-bond acceptors (Lipinski definition) is 6. The van der Waals surface area contributed by atoms with E-state index < -0.39 is 0 Å². The van der Waals surface area contributed by atoms with Crippen LogP contribution in [0.1, 0.15) is 10.5 Å². The lowest BCUT2D eigenvalue weighted by atomic mass is 10.1. The number of hydrogen-bond donors (Lipinski definition) is 1. The van der Waals surface area contributed by atoms with E-state index in [1.807, 2.05) is 53.4 Å². The van der Waals surface area contributed by atoms with Crippen LogP contribution < -0.4 is 4.90 Å². The van der Waals surface area contributed by atoms with Crippen molar-refractivity contribution in [2.45, 2.75) is 0 Å². The van der Waals surface area contributed by atoms with Gasteiger partial charge in [-0.15, -0.1) is 0 Å². The summed E-state index contributed by atoms with van der Waals surface area (Å²) in [5.41, 5.74) is 3.16. The van der Waals surface area contributed by atoms with Gasteiger partial charge < -0.3 is 9.80 Å². The first-order chi connectivity index (χ1) is 14.3. The Bertz CT molecular complexity index is 1140. The number of fused-ring (bicyclic) bond motifs is 1. The first-order valence-corrected chi connectivity index (χ1v) is 9.51. The highest BCUT2D eigenvalue weighted by molar-refractivity contribution is 5.95. The number of aromatic amines is 1. The molecular formula is C21H19N7O. The quantitative estimate of drug-likeness (QED) is 0.582. The van der Waals surface area contributed by atoms with Crippen LogP contribution in [0.15, 0.2) is 60.9 Å². The van der Waals surface area contributed by atoms with Gasteiger partial charge in [0.25, 0.3) is 5.91 Å². The van der Waals surface area contributed by atoms with Crippen LogP contribution in [0, 0.1) is 0 Å². The number of nitrogens with one attached hydrogen (secondary N) is 1. The number of pyridine rings is 1. The zero-order valence-corrected chi connectivity index (χ0v) is 15.7. The molecule has 0 radical (unpaired) electrons. The summed E-state index contributed by atoms with van der Waals surface area (Å²) >= 11 is 0. The Kier molecular flexibility index (Phi) is 4.36. The molecule has 1 saturated heterocycles. The standard InChI is InChI=1S/C21H19N7O/c29-21(28-12-10-27(11-13-28)17-8-4-5-9-22-17)16-14-23-20-19(24-16)18(25-26-20)15-6-2-1-3-7-15/h1-9,14H,10-13H2,(H,23,25,26). The largest absolute Gasteiger partial charge is 0.353 e. The minimum absolute atomic E-state index is 0.111. The predicted molar refractivity (Wildman–Crippen MR) is 109 cm³/mol. The third-order valence-electron chi connectivity index (χ3n) is 5.09. The number of anilines is 1. The summed E-state index contributed by atoms with van der Waals surface area (Å²) in [7, 11) is 0. The Morgan fingerprint density at radius 2 is 1.72 bits per heavy atom. The van der Waals surface area contributed by atoms with Crippen LogP contribution in [0.5, 0.6) is 0 Å². The number of nitrogens with zero attached hydrogens (tertiary/aromatic N) is 6. The molecule has 8 heteroatoms. The van der Waals surface area contributed by atoms with Gasteiger partial charge in [0.15, 0.2) is 5.65 Å². The molecule has 4 aromatic rings. The van der Waals surface area contributed by atoms with Crippen LogP contribution in [0.3, 0.4) is 0 Å². The maximum absolute atomic E-state index is 13.0. The van der Waals surface area contributed by atoms with E-state index in [-0.39, 0.29) is 5.91 Å². The summed E-state index contributed by atoms with van der Waals surface area (Å²) in [4.78, 5) is 30.3. The third kappa shape index (κ3) is 3.29. The van der Waals surface area contributed by atoms with Gasteiger partial charge in [-0.25, -0.2) is 15.0 Å². The summed E-state index contributed by atoms with van der Waals surface area (Å²) in [6.07, 6.45) is 3.29. The Labute approximate surface area is 167 Å². The molecule has 3 aromatic heterocycles. The van der Waals surface area contributed by atoms with E-state index in [9.17, 15) is 4.79 Å². The monoisotopic (exact) mass is 385 g/mol. The molecule has 1 fully saturated rings. The normalized spacial score (nSPS) is 14.3. The lowest BCUT2D eigenvalue weighted by Gasteiger charge is -2.35. The zero-order chi connectivity index (χ0) is 19.6. The average molecular weight is 385 g/mol. The highest BCUT2D eigenvalue weighted by atomic mass is 16.2. The van der Waals surface area contributed by atoms with Gasteiger partial charge in [0, 0.05) is 37.9 Å². The molecule has 1 aliphatic rings. The number of amides is 1. The van der Waals surface area contributed by atoms with Crippen molar-refractivity contribution in [3.8, 4) is 11.3 Å². The molecule has 0 spiro atoms. The second-order valence-electron chi connectivity index (χ2n) is 6.86. The smallest absolute Gasteiger partial charge is 0.274 e. The van der Waals surface area contributed by atoms with E-state index in [1.54, 1.807) is 6.20 Å². The Balaban J connectivity index is 1.36. The van der Waals surface area contributed by atoms with Gasteiger partial charge in [0.1, 0.15) is 17.0 Å². The van der Waals surface area contributed by atoms with Gasteiger partial charge in [-0.2, -0.15) is 5.10 Å². The number of carbonyl (C=O) groups excluding carboxylic acids is 1. The van der Waals surface area contributed by atoms with Crippen molar-refractivity contribution in [3.63, 3.8) is 0 Å². The Hall–Kier alpha value is -3.81. The van der Waals surface area contributed by atoms with Crippen molar-refractivity contribution in [1.29, 1.82) is 0 Å². The minimum Gasteiger partial charge on any atom is -0.353 e. The van der Waals surface area contributed by atoms with Crippen LogP contribution in [-0.2, 0) is 0 Å². The SMILES string of the molecule is O=C(c1cnc2n[nH]c(-c3ccccc3)c2n1)N1CCN(c2ccccn2)CC1. The number of aromatic nitrogens is 5. The molecule has 8 nitrogen and oxygen atoms in total. The molecule has 5 rings (SSSR count). The van der Waals surface area contributed by atoms with Crippen molar-refractivity contribution in [3.05, 3.63) is 66.6 Å². The first kappa shape index (κ1) is 17.3. The first-order valence-electron chi connectivity index (χ1n) is 9.51. The molecule has 1 aromatic carbocycles. The maximum atomic E-state index is 13.0. The van der Waals surface area contributed by atoms with Gasteiger partial charge in [0.05, 0.1) is 11.9 Å². The number of rotatable bonds is 3. The van der Waals surface area contributed by atoms with Gasteiger partial charge in [-0.3, -0.25) is 9.89 Å². The maximum Gasteiger partial charge on any atom is 0.274 e. The van der Waals surface area contributed by atoms with Gasteiger partial charge >= 0.3 is 0 Å². The third-order valence-corrected chi connectivity index (χ3v) is 5.09. The number of carbonyl (C=O) groups is 1. The molecule has 29 heavy (non-hydrogen) atoms. The van der Waals surface area contributed by atoms with E-state index in [4.69, 9.17) is 0 Å². The van der Waals surface area contributed by atoms with Crippen molar-refractivity contribution >= 4 is 22.9 Å². The molecule has 0 atom stereocenters. The molecule has 0 unspecified atom stereocenters. The Morgan fingerprint density at radius 1 is 0.931 bits per heavy atom. The predicted octanol–water partition coefficient (Wildman–Crippen LogP) is 2.38. The molecule has 1 aliphatic heterocycles. The summed E-state index contributed by atoms with van der Waals surface area (Å²) in [6, 6.07) is 15.7. The minimum atomic E-state index is -0.111. The highest BCUT2D eigenvalue weighted by Gasteiger charge is 2.24. The molecule has 0 aliphatic carbocycles. The van der Waals surface area contributed by atoms with Crippen molar-refractivity contribution in [2.24, 2.45) is 0 Å². The zero-order valence-electron chi connectivity index (χ0n) is 15.7. The fourth-order valence-electron chi connectivity index (χ4n) is 3.54. The fraction of sp³-hybridized carbons (Fsp3) is 0.190. The van der Waals surface area contributed by atoms with Gasteiger partial charge in [0.2, 0.25) is 0 Å². The summed E-state index contributed by atoms with van der Waals surface area (Å²) < 4.78 is 0. The molecule has 0 bridgehead atoms. The molecule has 1 amide bonds. The van der Waals surface area contributed by atoms with Gasteiger partial charge in [-0.1, -0.05) is 36.4 Å². The second-order valence-corrected chi connectivity index (χ2v) is 6.86. The van der Waals surface area contributed by atoms with Crippen molar-refractivity contribution in [2.75, 3.05) is 31.1 Å². The summed E-state index contributed by atoms with van der Waals surface area (Å²) in [5, 5.41) is 7.20.